The van der Waals surface area contributed by atoms with E-state index >= 15 is 0 Å². The second kappa shape index (κ2) is 7.25. The van der Waals surface area contributed by atoms with Gasteiger partial charge in [0, 0.05) is 15.5 Å². The summed E-state index contributed by atoms with van der Waals surface area (Å²) in [5.41, 5.74) is 2.33. The molecule has 0 aliphatic rings. The average molecular weight is 399 g/mol. The molecule has 0 saturated heterocycles. The third-order valence-electron chi connectivity index (χ3n) is 2.95. The van der Waals surface area contributed by atoms with E-state index in [9.17, 15) is 0 Å². The quantitative estimate of drug-likeness (QED) is 0.725. The Morgan fingerprint density at radius 3 is 2.55 bits per heavy atom. The lowest BCUT2D eigenvalue weighted by Gasteiger charge is -2.11. The van der Waals surface area contributed by atoms with Gasteiger partial charge < -0.3 is 10.1 Å². The molecule has 0 fully saturated rings. The average Bonchev–Trinajstić information content (AvgIpc) is 2.41. The first-order valence-corrected chi connectivity index (χ1v) is 8.12. The zero-order valence-corrected chi connectivity index (χ0v) is 14.7. The molecule has 0 bridgehead atoms. The van der Waals surface area contributed by atoms with Crippen molar-refractivity contribution in [3.63, 3.8) is 0 Å². The Balaban J connectivity index is 2.15. The SMILES string of the molecule is CCNCc1ccc(Oc2ccc(Br)cc2C)cc1Br. The number of ether oxygens (including phenoxy) is 1. The molecule has 2 rings (SSSR count). The molecule has 1 N–H and O–H groups in total. The van der Waals surface area contributed by atoms with Gasteiger partial charge in [-0.2, -0.15) is 0 Å². The second-order valence-corrected chi connectivity index (χ2v) is 6.32. The van der Waals surface area contributed by atoms with Crippen molar-refractivity contribution >= 4 is 31.9 Å². The van der Waals surface area contributed by atoms with E-state index in [1.165, 1.54) is 5.56 Å². The van der Waals surface area contributed by atoms with Crippen LogP contribution in [-0.4, -0.2) is 6.54 Å². The van der Waals surface area contributed by atoms with Crippen molar-refractivity contribution in [3.05, 3.63) is 56.5 Å². The van der Waals surface area contributed by atoms with Crippen LogP contribution in [0.1, 0.15) is 18.1 Å². The third kappa shape index (κ3) is 4.08. The van der Waals surface area contributed by atoms with Crippen LogP contribution in [0.3, 0.4) is 0 Å². The lowest BCUT2D eigenvalue weighted by Crippen LogP contribution is -2.11. The van der Waals surface area contributed by atoms with Crippen molar-refractivity contribution in [2.75, 3.05) is 6.54 Å². The molecular formula is C16H17Br2NO. The van der Waals surface area contributed by atoms with Crippen LogP contribution in [0, 0.1) is 6.92 Å². The highest BCUT2D eigenvalue weighted by atomic mass is 79.9. The van der Waals surface area contributed by atoms with Crippen molar-refractivity contribution in [2.45, 2.75) is 20.4 Å². The highest BCUT2D eigenvalue weighted by Crippen LogP contribution is 2.30. The first-order chi connectivity index (χ1) is 9.60. The minimum Gasteiger partial charge on any atom is -0.457 e. The molecule has 2 nitrogen and oxygen atoms in total. The second-order valence-electron chi connectivity index (χ2n) is 4.55. The molecule has 0 amide bonds. The predicted octanol–water partition coefficient (Wildman–Crippen LogP) is 5.42. The van der Waals surface area contributed by atoms with Crippen molar-refractivity contribution in [3.8, 4) is 11.5 Å². The fourth-order valence-corrected chi connectivity index (χ4v) is 2.82. The first kappa shape index (κ1) is 15.5. The van der Waals surface area contributed by atoms with Gasteiger partial charge in [-0.05, 0) is 54.9 Å². The third-order valence-corrected chi connectivity index (χ3v) is 4.19. The van der Waals surface area contributed by atoms with Crippen LogP contribution in [0.5, 0.6) is 11.5 Å². The molecule has 0 aromatic heterocycles. The van der Waals surface area contributed by atoms with Gasteiger partial charge in [-0.15, -0.1) is 0 Å². The highest BCUT2D eigenvalue weighted by Gasteiger charge is 2.05. The van der Waals surface area contributed by atoms with Crippen LogP contribution in [0.15, 0.2) is 45.3 Å². The standard InChI is InChI=1S/C16H17Br2NO/c1-3-19-10-12-4-6-14(9-15(12)18)20-16-7-5-13(17)8-11(16)2/h4-9,19H,3,10H2,1-2H3. The fraction of sp³-hybridized carbons (Fsp3) is 0.250. The summed E-state index contributed by atoms with van der Waals surface area (Å²) in [6.45, 7) is 5.95. The Hall–Kier alpha value is -0.840. The molecule has 0 spiro atoms. The molecule has 0 heterocycles. The molecule has 106 valence electrons. The summed E-state index contributed by atoms with van der Waals surface area (Å²) in [5, 5.41) is 3.31. The number of nitrogens with one attached hydrogen (secondary N) is 1. The van der Waals surface area contributed by atoms with Crippen LogP contribution in [0.4, 0.5) is 0 Å². The number of halogens is 2. The van der Waals surface area contributed by atoms with Gasteiger partial charge in [0.2, 0.25) is 0 Å². The number of rotatable bonds is 5. The zero-order chi connectivity index (χ0) is 14.5. The molecule has 4 heteroatoms. The summed E-state index contributed by atoms with van der Waals surface area (Å²) in [4.78, 5) is 0. The minimum absolute atomic E-state index is 0.836. The Morgan fingerprint density at radius 1 is 1.10 bits per heavy atom. The summed E-state index contributed by atoms with van der Waals surface area (Å²) in [6, 6.07) is 12.1. The maximum absolute atomic E-state index is 5.93. The van der Waals surface area contributed by atoms with Crippen LogP contribution < -0.4 is 10.1 Å². The number of aryl methyl sites for hydroxylation is 1. The zero-order valence-electron chi connectivity index (χ0n) is 11.5. The predicted molar refractivity (Wildman–Crippen MR) is 90.5 cm³/mol. The van der Waals surface area contributed by atoms with Gasteiger partial charge in [-0.1, -0.05) is 44.8 Å². The van der Waals surface area contributed by atoms with Crippen molar-refractivity contribution in [1.29, 1.82) is 0 Å². The molecule has 0 radical (unpaired) electrons. The van der Waals surface area contributed by atoms with Gasteiger partial charge in [-0.25, -0.2) is 0 Å². The summed E-state index contributed by atoms with van der Waals surface area (Å²) in [6.07, 6.45) is 0. The van der Waals surface area contributed by atoms with E-state index in [2.05, 4.69) is 50.2 Å². The van der Waals surface area contributed by atoms with E-state index in [1.54, 1.807) is 0 Å². The smallest absolute Gasteiger partial charge is 0.130 e. The largest absolute Gasteiger partial charge is 0.457 e. The van der Waals surface area contributed by atoms with Crippen molar-refractivity contribution in [1.82, 2.24) is 5.32 Å². The van der Waals surface area contributed by atoms with E-state index < -0.39 is 0 Å². The molecule has 0 saturated carbocycles. The summed E-state index contributed by atoms with van der Waals surface area (Å²) in [7, 11) is 0. The first-order valence-electron chi connectivity index (χ1n) is 6.53. The van der Waals surface area contributed by atoms with Crippen LogP contribution in [0.25, 0.3) is 0 Å². The molecule has 2 aromatic rings. The van der Waals surface area contributed by atoms with Crippen molar-refractivity contribution < 1.29 is 4.74 Å². The summed E-state index contributed by atoms with van der Waals surface area (Å²) < 4.78 is 8.05. The van der Waals surface area contributed by atoms with Gasteiger partial charge in [0.25, 0.3) is 0 Å². The van der Waals surface area contributed by atoms with Crippen molar-refractivity contribution in [2.24, 2.45) is 0 Å². The lowest BCUT2D eigenvalue weighted by molar-refractivity contribution is 0.478. The van der Waals surface area contributed by atoms with Gasteiger partial charge in [0.1, 0.15) is 11.5 Å². The molecule has 0 unspecified atom stereocenters. The molecule has 0 aliphatic heterocycles. The van der Waals surface area contributed by atoms with E-state index in [4.69, 9.17) is 4.74 Å². The highest BCUT2D eigenvalue weighted by molar-refractivity contribution is 9.10. The number of hydrogen-bond acceptors (Lipinski definition) is 2. The Labute approximate surface area is 136 Å². The van der Waals surface area contributed by atoms with E-state index in [0.717, 1.165) is 39.1 Å². The van der Waals surface area contributed by atoms with E-state index in [1.807, 2.05) is 37.3 Å². The van der Waals surface area contributed by atoms with Gasteiger partial charge in [0.05, 0.1) is 0 Å². The summed E-state index contributed by atoms with van der Waals surface area (Å²) >= 11 is 7.05. The Morgan fingerprint density at radius 2 is 1.90 bits per heavy atom. The Kier molecular flexibility index (Phi) is 5.64. The van der Waals surface area contributed by atoms with Crippen LogP contribution in [0.2, 0.25) is 0 Å². The number of benzene rings is 2. The minimum atomic E-state index is 0.836. The monoisotopic (exact) mass is 397 g/mol. The summed E-state index contributed by atoms with van der Waals surface area (Å²) in [5.74, 6) is 1.71. The van der Waals surface area contributed by atoms with E-state index in [0.29, 0.717) is 0 Å². The van der Waals surface area contributed by atoms with Crippen LogP contribution in [-0.2, 0) is 6.54 Å². The maximum atomic E-state index is 5.93. The molecular weight excluding hydrogens is 382 g/mol. The normalized spacial score (nSPS) is 10.6. The number of hydrogen-bond donors (Lipinski definition) is 1. The topological polar surface area (TPSA) is 21.3 Å². The van der Waals surface area contributed by atoms with Gasteiger partial charge in [0.15, 0.2) is 0 Å². The Bertz CT molecular complexity index is 599. The maximum Gasteiger partial charge on any atom is 0.130 e. The molecule has 0 atom stereocenters. The molecule has 20 heavy (non-hydrogen) atoms. The van der Waals surface area contributed by atoms with Gasteiger partial charge >= 0.3 is 0 Å². The fourth-order valence-electron chi connectivity index (χ4n) is 1.85. The van der Waals surface area contributed by atoms with E-state index in [-0.39, 0.29) is 0 Å². The molecule has 2 aromatic carbocycles. The van der Waals surface area contributed by atoms with Crippen LogP contribution >= 0.6 is 31.9 Å². The lowest BCUT2D eigenvalue weighted by atomic mass is 10.2. The molecule has 0 aliphatic carbocycles. The van der Waals surface area contributed by atoms with Gasteiger partial charge in [-0.3, -0.25) is 0 Å².